The molecule has 2 aromatic rings. The molecule has 1 nitrogen and oxygen atoms in total. The van der Waals surface area contributed by atoms with Gasteiger partial charge in [-0.1, -0.05) is 68.2 Å². The molecule has 3 heteroatoms. The summed E-state index contributed by atoms with van der Waals surface area (Å²) in [5, 5.41) is 0.905. The second-order valence-electron chi connectivity index (χ2n) is 5.75. The molecule has 20 heavy (non-hydrogen) atoms. The van der Waals surface area contributed by atoms with Crippen molar-refractivity contribution in [3.8, 4) is 0 Å². The standard InChI is InChI=1S/C17H16Cl2O/c1-17(2,3)14-7-5-4-6-12(14)16(20)13-9-8-11(18)10-15(13)19/h4-10H,1-3H3. The Balaban J connectivity index is 2.55. The number of rotatable bonds is 2. The van der Waals surface area contributed by atoms with E-state index >= 15 is 0 Å². The summed E-state index contributed by atoms with van der Waals surface area (Å²) in [7, 11) is 0. The van der Waals surface area contributed by atoms with Crippen molar-refractivity contribution in [2.24, 2.45) is 0 Å². The van der Waals surface area contributed by atoms with Gasteiger partial charge in [-0.15, -0.1) is 0 Å². The summed E-state index contributed by atoms with van der Waals surface area (Å²) in [4.78, 5) is 12.7. The van der Waals surface area contributed by atoms with Crippen molar-refractivity contribution in [2.75, 3.05) is 0 Å². The quantitative estimate of drug-likeness (QED) is 0.667. The van der Waals surface area contributed by atoms with E-state index in [9.17, 15) is 4.79 Å². The first-order chi connectivity index (χ1) is 9.30. The Hall–Kier alpha value is -1.31. The molecule has 0 fully saturated rings. The topological polar surface area (TPSA) is 17.1 Å². The van der Waals surface area contributed by atoms with Crippen LogP contribution < -0.4 is 0 Å². The molecular weight excluding hydrogens is 291 g/mol. The van der Waals surface area contributed by atoms with Crippen LogP contribution in [0.4, 0.5) is 0 Å². The molecule has 0 saturated carbocycles. The van der Waals surface area contributed by atoms with Gasteiger partial charge in [-0.3, -0.25) is 4.79 Å². The van der Waals surface area contributed by atoms with Crippen LogP contribution in [-0.4, -0.2) is 5.78 Å². The summed E-state index contributed by atoms with van der Waals surface area (Å²) >= 11 is 12.0. The number of ketones is 1. The summed E-state index contributed by atoms with van der Waals surface area (Å²) in [6, 6.07) is 12.6. The maximum Gasteiger partial charge on any atom is 0.194 e. The minimum atomic E-state index is -0.106. The van der Waals surface area contributed by atoms with Crippen molar-refractivity contribution in [1.82, 2.24) is 0 Å². The molecular formula is C17H16Cl2O. The van der Waals surface area contributed by atoms with E-state index in [2.05, 4.69) is 20.8 Å². The minimum Gasteiger partial charge on any atom is -0.289 e. The first-order valence-electron chi connectivity index (χ1n) is 6.40. The van der Waals surface area contributed by atoms with Crippen LogP contribution in [-0.2, 0) is 5.41 Å². The van der Waals surface area contributed by atoms with Crippen LogP contribution in [0, 0.1) is 0 Å². The highest BCUT2D eigenvalue weighted by molar-refractivity contribution is 6.37. The summed E-state index contributed by atoms with van der Waals surface area (Å²) in [6.45, 7) is 6.26. The fourth-order valence-electron chi connectivity index (χ4n) is 2.15. The van der Waals surface area contributed by atoms with E-state index in [4.69, 9.17) is 23.2 Å². The Bertz CT molecular complexity index is 654. The molecule has 0 unspecified atom stereocenters. The molecule has 0 aliphatic rings. The first-order valence-corrected chi connectivity index (χ1v) is 7.15. The van der Waals surface area contributed by atoms with E-state index in [1.54, 1.807) is 18.2 Å². The number of hydrogen-bond acceptors (Lipinski definition) is 1. The van der Waals surface area contributed by atoms with E-state index in [0.717, 1.165) is 5.56 Å². The lowest BCUT2D eigenvalue weighted by atomic mass is 9.82. The van der Waals surface area contributed by atoms with Crippen LogP contribution in [0.2, 0.25) is 10.0 Å². The van der Waals surface area contributed by atoms with Crippen LogP contribution >= 0.6 is 23.2 Å². The van der Waals surface area contributed by atoms with Gasteiger partial charge >= 0.3 is 0 Å². The molecule has 0 aromatic heterocycles. The monoisotopic (exact) mass is 306 g/mol. The van der Waals surface area contributed by atoms with Crippen molar-refractivity contribution < 1.29 is 4.79 Å². The molecule has 0 heterocycles. The lowest BCUT2D eigenvalue weighted by Crippen LogP contribution is -2.17. The fourth-order valence-corrected chi connectivity index (χ4v) is 2.65. The van der Waals surface area contributed by atoms with E-state index in [1.165, 1.54) is 0 Å². The molecule has 0 spiro atoms. The minimum absolute atomic E-state index is 0.0720. The van der Waals surface area contributed by atoms with Crippen LogP contribution in [0.1, 0.15) is 42.3 Å². The summed E-state index contributed by atoms with van der Waals surface area (Å²) in [5.41, 5.74) is 2.07. The second-order valence-corrected chi connectivity index (χ2v) is 6.59. The maximum absolute atomic E-state index is 12.7. The van der Waals surface area contributed by atoms with Gasteiger partial charge in [0.1, 0.15) is 0 Å². The smallest absolute Gasteiger partial charge is 0.194 e. The molecule has 104 valence electrons. The molecule has 0 bridgehead atoms. The van der Waals surface area contributed by atoms with Gasteiger partial charge in [0.25, 0.3) is 0 Å². The second kappa shape index (κ2) is 5.59. The predicted molar refractivity (Wildman–Crippen MR) is 85.0 cm³/mol. The van der Waals surface area contributed by atoms with Gasteiger partial charge in [0.2, 0.25) is 0 Å². The SMILES string of the molecule is CC(C)(C)c1ccccc1C(=O)c1ccc(Cl)cc1Cl. The van der Waals surface area contributed by atoms with Gasteiger partial charge in [-0.05, 0) is 29.2 Å². The normalized spacial score (nSPS) is 11.4. The lowest BCUT2D eigenvalue weighted by Gasteiger charge is -2.22. The molecule has 0 aliphatic carbocycles. The van der Waals surface area contributed by atoms with Gasteiger partial charge in [0.05, 0.1) is 5.02 Å². The molecule has 2 rings (SSSR count). The Morgan fingerprint density at radius 1 is 0.950 bits per heavy atom. The third kappa shape index (κ3) is 3.05. The number of halogens is 2. The molecule has 0 saturated heterocycles. The van der Waals surface area contributed by atoms with Crippen molar-refractivity contribution in [3.05, 3.63) is 69.2 Å². The van der Waals surface area contributed by atoms with Crippen molar-refractivity contribution >= 4 is 29.0 Å². The Morgan fingerprint density at radius 2 is 1.60 bits per heavy atom. The van der Waals surface area contributed by atoms with Crippen LogP contribution in [0.15, 0.2) is 42.5 Å². The predicted octanol–water partition coefficient (Wildman–Crippen LogP) is 5.52. The zero-order chi connectivity index (χ0) is 14.9. The third-order valence-electron chi connectivity index (χ3n) is 3.16. The van der Waals surface area contributed by atoms with Crippen molar-refractivity contribution in [2.45, 2.75) is 26.2 Å². The first kappa shape index (κ1) is 15.1. The largest absolute Gasteiger partial charge is 0.289 e. The number of carbonyl (C=O) groups is 1. The Kier molecular flexibility index (Phi) is 4.22. The molecule has 2 aromatic carbocycles. The Labute approximate surface area is 129 Å². The molecule has 0 radical (unpaired) electrons. The van der Waals surface area contributed by atoms with Gasteiger partial charge < -0.3 is 0 Å². The zero-order valence-corrected chi connectivity index (χ0v) is 13.2. The highest BCUT2D eigenvalue weighted by Crippen LogP contribution is 2.29. The summed E-state index contributed by atoms with van der Waals surface area (Å²) in [5.74, 6) is -0.0720. The molecule has 0 N–H and O–H groups in total. The summed E-state index contributed by atoms with van der Waals surface area (Å²) in [6.07, 6.45) is 0. The van der Waals surface area contributed by atoms with E-state index in [1.807, 2.05) is 24.3 Å². The number of hydrogen-bond donors (Lipinski definition) is 0. The van der Waals surface area contributed by atoms with Crippen LogP contribution in [0.5, 0.6) is 0 Å². The zero-order valence-electron chi connectivity index (χ0n) is 11.7. The van der Waals surface area contributed by atoms with Crippen LogP contribution in [0.25, 0.3) is 0 Å². The average Bonchev–Trinajstić information content (AvgIpc) is 2.37. The molecule has 0 amide bonds. The highest BCUT2D eigenvalue weighted by atomic mass is 35.5. The van der Waals surface area contributed by atoms with Crippen molar-refractivity contribution in [3.63, 3.8) is 0 Å². The van der Waals surface area contributed by atoms with Gasteiger partial charge in [0.15, 0.2) is 5.78 Å². The van der Waals surface area contributed by atoms with E-state index in [-0.39, 0.29) is 11.2 Å². The van der Waals surface area contributed by atoms with Crippen LogP contribution in [0.3, 0.4) is 0 Å². The number of benzene rings is 2. The highest BCUT2D eigenvalue weighted by Gasteiger charge is 2.23. The molecule has 0 aliphatic heterocycles. The van der Waals surface area contributed by atoms with Gasteiger partial charge in [-0.25, -0.2) is 0 Å². The maximum atomic E-state index is 12.7. The molecule has 0 atom stereocenters. The average molecular weight is 307 g/mol. The van der Waals surface area contributed by atoms with Gasteiger partial charge in [0, 0.05) is 16.1 Å². The van der Waals surface area contributed by atoms with E-state index in [0.29, 0.717) is 21.2 Å². The lowest BCUT2D eigenvalue weighted by molar-refractivity contribution is 0.103. The van der Waals surface area contributed by atoms with E-state index < -0.39 is 0 Å². The number of carbonyl (C=O) groups excluding carboxylic acids is 1. The van der Waals surface area contributed by atoms with Gasteiger partial charge in [-0.2, -0.15) is 0 Å². The Morgan fingerprint density at radius 3 is 2.20 bits per heavy atom. The fraction of sp³-hybridized carbons (Fsp3) is 0.235. The summed E-state index contributed by atoms with van der Waals surface area (Å²) < 4.78 is 0. The third-order valence-corrected chi connectivity index (χ3v) is 3.70. The van der Waals surface area contributed by atoms with Crippen molar-refractivity contribution in [1.29, 1.82) is 0 Å².